The molecular weight excluding hydrogens is 236 g/mol. The topological polar surface area (TPSA) is 92.4 Å². The van der Waals surface area contributed by atoms with Crippen LogP contribution in [0.4, 0.5) is 0 Å². The van der Waals surface area contributed by atoms with Crippen molar-refractivity contribution in [3.63, 3.8) is 0 Å². The normalized spacial score (nSPS) is 19.0. The number of aliphatic hydroxyl groups is 2. The Morgan fingerprint density at radius 1 is 1.44 bits per heavy atom. The number of aliphatic hydroxyl groups excluding tert-OH is 1. The molecule has 0 bridgehead atoms. The molecular formula is C11H20N4O3. The maximum atomic E-state index is 10.2. The Morgan fingerprint density at radius 2 is 2.22 bits per heavy atom. The summed E-state index contributed by atoms with van der Waals surface area (Å²) >= 11 is 0. The molecule has 1 saturated heterocycles. The lowest BCUT2D eigenvalue weighted by molar-refractivity contribution is -0.0617. The van der Waals surface area contributed by atoms with E-state index in [2.05, 4.69) is 15.6 Å². The number of aromatic nitrogens is 3. The highest BCUT2D eigenvalue weighted by Crippen LogP contribution is 2.19. The SMILES string of the molecule is OCCn1cc(CNCC2(O)CCOCC2)nn1. The average Bonchev–Trinajstić information content (AvgIpc) is 2.78. The van der Waals surface area contributed by atoms with E-state index in [0.29, 0.717) is 45.7 Å². The fourth-order valence-electron chi connectivity index (χ4n) is 1.98. The van der Waals surface area contributed by atoms with Gasteiger partial charge in [-0.1, -0.05) is 5.21 Å². The predicted octanol–water partition coefficient (Wildman–Crippen LogP) is -1.10. The number of rotatable bonds is 6. The minimum atomic E-state index is -0.667. The summed E-state index contributed by atoms with van der Waals surface area (Å²) in [5.41, 5.74) is 0.137. The molecule has 102 valence electrons. The van der Waals surface area contributed by atoms with Gasteiger partial charge in [0.05, 0.1) is 24.4 Å². The van der Waals surface area contributed by atoms with E-state index in [9.17, 15) is 5.11 Å². The summed E-state index contributed by atoms with van der Waals surface area (Å²) in [6, 6.07) is 0. The van der Waals surface area contributed by atoms with Gasteiger partial charge in [0.25, 0.3) is 0 Å². The monoisotopic (exact) mass is 256 g/mol. The highest BCUT2D eigenvalue weighted by atomic mass is 16.5. The van der Waals surface area contributed by atoms with Crippen LogP contribution in [-0.2, 0) is 17.8 Å². The van der Waals surface area contributed by atoms with E-state index in [1.165, 1.54) is 0 Å². The lowest BCUT2D eigenvalue weighted by Gasteiger charge is -2.32. The van der Waals surface area contributed by atoms with Gasteiger partial charge in [0, 0.05) is 45.3 Å². The van der Waals surface area contributed by atoms with E-state index >= 15 is 0 Å². The zero-order valence-electron chi connectivity index (χ0n) is 10.4. The Labute approximate surface area is 106 Å². The van der Waals surface area contributed by atoms with Gasteiger partial charge in [0.15, 0.2) is 0 Å². The van der Waals surface area contributed by atoms with Crippen molar-refractivity contribution in [2.24, 2.45) is 0 Å². The second kappa shape index (κ2) is 6.24. The average molecular weight is 256 g/mol. The Kier molecular flexibility index (Phi) is 4.65. The molecule has 18 heavy (non-hydrogen) atoms. The van der Waals surface area contributed by atoms with E-state index in [4.69, 9.17) is 9.84 Å². The molecule has 0 saturated carbocycles. The lowest BCUT2D eigenvalue weighted by Crippen LogP contribution is -2.44. The van der Waals surface area contributed by atoms with Crippen LogP contribution >= 0.6 is 0 Å². The standard InChI is InChI=1S/C11H20N4O3/c16-4-3-15-8-10(13-14-15)7-12-9-11(17)1-5-18-6-2-11/h8,12,16-17H,1-7,9H2. The minimum absolute atomic E-state index is 0.0516. The Morgan fingerprint density at radius 3 is 2.94 bits per heavy atom. The first-order valence-electron chi connectivity index (χ1n) is 6.23. The van der Waals surface area contributed by atoms with Crippen molar-refractivity contribution in [2.75, 3.05) is 26.4 Å². The smallest absolute Gasteiger partial charge is 0.0964 e. The number of nitrogens with one attached hydrogen (secondary N) is 1. The van der Waals surface area contributed by atoms with Crippen molar-refractivity contribution in [3.8, 4) is 0 Å². The lowest BCUT2D eigenvalue weighted by atomic mass is 9.94. The fourth-order valence-corrected chi connectivity index (χ4v) is 1.98. The molecule has 0 spiro atoms. The fraction of sp³-hybridized carbons (Fsp3) is 0.818. The molecule has 0 radical (unpaired) electrons. The van der Waals surface area contributed by atoms with Crippen molar-refractivity contribution >= 4 is 0 Å². The third kappa shape index (κ3) is 3.74. The van der Waals surface area contributed by atoms with Gasteiger partial charge < -0.3 is 20.3 Å². The van der Waals surface area contributed by atoms with Gasteiger partial charge in [-0.2, -0.15) is 0 Å². The van der Waals surface area contributed by atoms with Crippen LogP contribution in [-0.4, -0.2) is 57.2 Å². The molecule has 0 aliphatic carbocycles. The summed E-state index contributed by atoms with van der Waals surface area (Å²) in [5, 5.41) is 30.0. The predicted molar refractivity (Wildman–Crippen MR) is 63.8 cm³/mol. The molecule has 0 aromatic carbocycles. The summed E-state index contributed by atoms with van der Waals surface area (Å²) in [5.74, 6) is 0. The van der Waals surface area contributed by atoms with E-state index < -0.39 is 5.60 Å². The number of ether oxygens (including phenoxy) is 1. The number of hydrogen-bond acceptors (Lipinski definition) is 6. The second-order valence-corrected chi connectivity index (χ2v) is 4.64. The molecule has 1 aromatic heterocycles. The molecule has 0 amide bonds. The van der Waals surface area contributed by atoms with Crippen molar-refractivity contribution in [2.45, 2.75) is 31.5 Å². The molecule has 0 atom stereocenters. The molecule has 2 heterocycles. The van der Waals surface area contributed by atoms with Gasteiger partial charge in [0.1, 0.15) is 0 Å². The van der Waals surface area contributed by atoms with Crippen LogP contribution in [0.5, 0.6) is 0 Å². The first-order valence-corrected chi connectivity index (χ1v) is 6.23. The van der Waals surface area contributed by atoms with E-state index in [0.717, 1.165) is 5.69 Å². The van der Waals surface area contributed by atoms with Crippen LogP contribution in [0.3, 0.4) is 0 Å². The molecule has 7 heteroatoms. The molecule has 1 aromatic rings. The second-order valence-electron chi connectivity index (χ2n) is 4.64. The van der Waals surface area contributed by atoms with Crippen molar-refractivity contribution in [1.82, 2.24) is 20.3 Å². The zero-order valence-corrected chi connectivity index (χ0v) is 10.4. The summed E-state index contributed by atoms with van der Waals surface area (Å²) in [7, 11) is 0. The minimum Gasteiger partial charge on any atom is -0.394 e. The Balaban J connectivity index is 1.73. The van der Waals surface area contributed by atoms with Gasteiger partial charge >= 0.3 is 0 Å². The van der Waals surface area contributed by atoms with Crippen LogP contribution < -0.4 is 5.32 Å². The van der Waals surface area contributed by atoms with Crippen molar-refractivity contribution < 1.29 is 14.9 Å². The molecule has 7 nitrogen and oxygen atoms in total. The molecule has 3 N–H and O–H groups in total. The highest BCUT2D eigenvalue weighted by Gasteiger charge is 2.29. The maximum absolute atomic E-state index is 10.2. The van der Waals surface area contributed by atoms with Crippen molar-refractivity contribution in [3.05, 3.63) is 11.9 Å². The maximum Gasteiger partial charge on any atom is 0.0964 e. The van der Waals surface area contributed by atoms with Crippen LogP contribution in [0.15, 0.2) is 6.20 Å². The zero-order chi connectivity index (χ0) is 12.8. The van der Waals surface area contributed by atoms with E-state index in [1.807, 2.05) is 0 Å². The van der Waals surface area contributed by atoms with Crippen LogP contribution in [0.1, 0.15) is 18.5 Å². The number of nitrogens with zero attached hydrogens (tertiary/aromatic N) is 3. The number of hydrogen-bond donors (Lipinski definition) is 3. The Bertz CT molecular complexity index is 363. The summed E-state index contributed by atoms with van der Waals surface area (Å²) < 4.78 is 6.82. The molecule has 1 aliphatic heterocycles. The summed E-state index contributed by atoms with van der Waals surface area (Å²) in [6.07, 6.45) is 3.12. The van der Waals surface area contributed by atoms with Gasteiger partial charge in [-0.05, 0) is 0 Å². The Hall–Kier alpha value is -1.02. The molecule has 2 rings (SSSR count). The largest absolute Gasteiger partial charge is 0.394 e. The van der Waals surface area contributed by atoms with Crippen molar-refractivity contribution in [1.29, 1.82) is 0 Å². The van der Waals surface area contributed by atoms with E-state index in [-0.39, 0.29) is 6.61 Å². The van der Waals surface area contributed by atoms with Gasteiger partial charge in [-0.25, -0.2) is 4.68 Å². The van der Waals surface area contributed by atoms with Crippen LogP contribution in [0.25, 0.3) is 0 Å². The highest BCUT2D eigenvalue weighted by molar-refractivity contribution is 4.93. The summed E-state index contributed by atoms with van der Waals surface area (Å²) in [6.45, 7) is 2.83. The quantitative estimate of drug-likeness (QED) is 0.598. The van der Waals surface area contributed by atoms with E-state index in [1.54, 1.807) is 10.9 Å². The first kappa shape index (κ1) is 13.4. The molecule has 1 fully saturated rings. The third-order valence-electron chi connectivity index (χ3n) is 3.10. The van der Waals surface area contributed by atoms with Crippen LogP contribution in [0, 0.1) is 0 Å². The van der Waals surface area contributed by atoms with Gasteiger partial charge in [0.2, 0.25) is 0 Å². The third-order valence-corrected chi connectivity index (χ3v) is 3.10. The molecule has 0 unspecified atom stereocenters. The van der Waals surface area contributed by atoms with Crippen LogP contribution in [0.2, 0.25) is 0 Å². The summed E-state index contributed by atoms with van der Waals surface area (Å²) in [4.78, 5) is 0. The van der Waals surface area contributed by atoms with Gasteiger partial charge in [-0.3, -0.25) is 0 Å². The first-order chi connectivity index (χ1) is 8.72. The molecule has 1 aliphatic rings. The van der Waals surface area contributed by atoms with Gasteiger partial charge in [-0.15, -0.1) is 5.10 Å².